The molecule has 0 bridgehead atoms. The first-order valence-corrected chi connectivity index (χ1v) is 6.74. The second kappa shape index (κ2) is 6.86. The summed E-state index contributed by atoms with van der Waals surface area (Å²) in [7, 11) is 0. The van der Waals surface area contributed by atoms with Crippen molar-refractivity contribution in [2.45, 2.75) is 26.4 Å². The van der Waals surface area contributed by atoms with Crippen LogP contribution in [0, 0.1) is 0 Å². The van der Waals surface area contributed by atoms with Crippen molar-refractivity contribution in [3.8, 4) is 5.69 Å². The third-order valence-electron chi connectivity index (χ3n) is 2.77. The molecule has 0 unspecified atom stereocenters. The summed E-state index contributed by atoms with van der Waals surface area (Å²) < 4.78 is 1.81. The van der Waals surface area contributed by atoms with Gasteiger partial charge in [-0.15, -0.1) is 0 Å². The molecule has 0 saturated heterocycles. The molecule has 1 aromatic carbocycles. The van der Waals surface area contributed by atoms with E-state index in [1.807, 2.05) is 55.1 Å². The van der Waals surface area contributed by atoms with Crippen LogP contribution >= 0.6 is 0 Å². The van der Waals surface area contributed by atoms with E-state index < -0.39 is 0 Å². The van der Waals surface area contributed by atoms with Gasteiger partial charge in [0.25, 0.3) is 0 Å². The SMILES string of the molecule is CC(C)NC(=O)CNCc1ccc(-n2cccn2)cc1. The second-order valence-corrected chi connectivity index (χ2v) is 4.94. The molecule has 0 atom stereocenters. The number of hydrogen-bond donors (Lipinski definition) is 2. The van der Waals surface area contributed by atoms with Crippen molar-refractivity contribution >= 4 is 5.91 Å². The van der Waals surface area contributed by atoms with Crippen molar-refractivity contribution in [3.63, 3.8) is 0 Å². The molecule has 2 N–H and O–H groups in total. The molecule has 1 amide bonds. The molecule has 0 aliphatic heterocycles. The molecule has 0 aliphatic rings. The van der Waals surface area contributed by atoms with Gasteiger partial charge >= 0.3 is 0 Å². The highest BCUT2D eigenvalue weighted by Crippen LogP contribution is 2.08. The van der Waals surface area contributed by atoms with E-state index in [0.717, 1.165) is 11.3 Å². The quantitative estimate of drug-likeness (QED) is 0.837. The van der Waals surface area contributed by atoms with Gasteiger partial charge in [0, 0.05) is 25.0 Å². The summed E-state index contributed by atoms with van der Waals surface area (Å²) in [6, 6.07) is 10.2. The fraction of sp³-hybridized carbons (Fsp3) is 0.333. The first-order valence-electron chi connectivity index (χ1n) is 6.74. The molecule has 0 aliphatic carbocycles. The van der Waals surface area contributed by atoms with Crippen molar-refractivity contribution < 1.29 is 4.79 Å². The third-order valence-corrected chi connectivity index (χ3v) is 2.77. The molecule has 2 rings (SSSR count). The Labute approximate surface area is 119 Å². The Morgan fingerprint density at radius 2 is 2.05 bits per heavy atom. The molecule has 0 fully saturated rings. The van der Waals surface area contributed by atoms with Gasteiger partial charge in [-0.1, -0.05) is 12.1 Å². The Bertz CT molecular complexity index is 532. The summed E-state index contributed by atoms with van der Waals surface area (Å²) in [6.07, 6.45) is 3.66. The van der Waals surface area contributed by atoms with Crippen molar-refractivity contribution in [1.29, 1.82) is 0 Å². The van der Waals surface area contributed by atoms with E-state index in [-0.39, 0.29) is 11.9 Å². The lowest BCUT2D eigenvalue weighted by Crippen LogP contribution is -2.37. The fourth-order valence-corrected chi connectivity index (χ4v) is 1.88. The van der Waals surface area contributed by atoms with Gasteiger partial charge in [-0.3, -0.25) is 4.79 Å². The number of amides is 1. The number of aromatic nitrogens is 2. The molecule has 1 heterocycles. The Morgan fingerprint density at radius 3 is 2.65 bits per heavy atom. The highest BCUT2D eigenvalue weighted by atomic mass is 16.1. The lowest BCUT2D eigenvalue weighted by atomic mass is 10.2. The molecular weight excluding hydrogens is 252 g/mol. The molecule has 106 valence electrons. The summed E-state index contributed by atoms with van der Waals surface area (Å²) in [5, 5.41) is 10.1. The maximum absolute atomic E-state index is 11.5. The van der Waals surface area contributed by atoms with Gasteiger partial charge in [0.05, 0.1) is 12.2 Å². The Balaban J connectivity index is 1.81. The zero-order valence-electron chi connectivity index (χ0n) is 11.8. The van der Waals surface area contributed by atoms with Gasteiger partial charge in [0.1, 0.15) is 0 Å². The van der Waals surface area contributed by atoms with Crippen LogP contribution < -0.4 is 10.6 Å². The van der Waals surface area contributed by atoms with Gasteiger partial charge < -0.3 is 10.6 Å². The van der Waals surface area contributed by atoms with E-state index in [2.05, 4.69) is 15.7 Å². The molecule has 0 saturated carbocycles. The standard InChI is InChI=1S/C15H20N4O/c1-12(2)18-15(20)11-16-10-13-4-6-14(7-5-13)19-9-3-8-17-19/h3-9,12,16H,10-11H2,1-2H3,(H,18,20). The molecule has 5 nitrogen and oxygen atoms in total. The first-order chi connectivity index (χ1) is 9.65. The number of carbonyl (C=O) groups is 1. The molecular formula is C15H20N4O. The Morgan fingerprint density at radius 1 is 1.30 bits per heavy atom. The summed E-state index contributed by atoms with van der Waals surface area (Å²) >= 11 is 0. The number of nitrogens with one attached hydrogen (secondary N) is 2. The smallest absolute Gasteiger partial charge is 0.234 e. The van der Waals surface area contributed by atoms with Crippen molar-refractivity contribution in [1.82, 2.24) is 20.4 Å². The monoisotopic (exact) mass is 272 g/mol. The van der Waals surface area contributed by atoms with E-state index in [4.69, 9.17) is 0 Å². The minimum absolute atomic E-state index is 0.0214. The van der Waals surface area contributed by atoms with Crippen LogP contribution in [0.4, 0.5) is 0 Å². The fourth-order valence-electron chi connectivity index (χ4n) is 1.88. The zero-order valence-corrected chi connectivity index (χ0v) is 11.8. The molecule has 20 heavy (non-hydrogen) atoms. The van der Waals surface area contributed by atoms with Crippen LogP contribution in [0.1, 0.15) is 19.4 Å². The molecule has 2 aromatic rings. The maximum Gasteiger partial charge on any atom is 0.234 e. The van der Waals surface area contributed by atoms with E-state index in [1.165, 1.54) is 0 Å². The number of rotatable bonds is 6. The number of hydrogen-bond acceptors (Lipinski definition) is 3. The average Bonchev–Trinajstić information content (AvgIpc) is 2.92. The van der Waals surface area contributed by atoms with Crippen LogP contribution in [-0.4, -0.2) is 28.3 Å². The topological polar surface area (TPSA) is 59.0 Å². The number of benzene rings is 1. The van der Waals surface area contributed by atoms with Crippen LogP contribution in [0.2, 0.25) is 0 Å². The van der Waals surface area contributed by atoms with Crippen molar-refractivity contribution in [3.05, 3.63) is 48.3 Å². The van der Waals surface area contributed by atoms with Crippen LogP contribution in [-0.2, 0) is 11.3 Å². The maximum atomic E-state index is 11.5. The minimum Gasteiger partial charge on any atom is -0.353 e. The van der Waals surface area contributed by atoms with Crippen molar-refractivity contribution in [2.24, 2.45) is 0 Å². The van der Waals surface area contributed by atoms with Crippen LogP contribution in [0.25, 0.3) is 5.69 Å². The molecule has 0 radical (unpaired) electrons. The van der Waals surface area contributed by atoms with Gasteiger partial charge in [-0.05, 0) is 37.6 Å². The van der Waals surface area contributed by atoms with Gasteiger partial charge in [0.2, 0.25) is 5.91 Å². The highest BCUT2D eigenvalue weighted by Gasteiger charge is 2.02. The van der Waals surface area contributed by atoms with Gasteiger partial charge in [-0.2, -0.15) is 5.10 Å². The van der Waals surface area contributed by atoms with Crippen molar-refractivity contribution in [2.75, 3.05) is 6.54 Å². The van der Waals surface area contributed by atoms with Crippen LogP contribution in [0.15, 0.2) is 42.7 Å². The second-order valence-electron chi connectivity index (χ2n) is 4.94. The van der Waals surface area contributed by atoms with Gasteiger partial charge in [-0.25, -0.2) is 4.68 Å². The lowest BCUT2D eigenvalue weighted by Gasteiger charge is -2.09. The average molecular weight is 272 g/mol. The predicted molar refractivity (Wildman–Crippen MR) is 78.5 cm³/mol. The van der Waals surface area contributed by atoms with Crippen LogP contribution in [0.5, 0.6) is 0 Å². The van der Waals surface area contributed by atoms with E-state index in [9.17, 15) is 4.79 Å². The van der Waals surface area contributed by atoms with Gasteiger partial charge in [0.15, 0.2) is 0 Å². The van der Waals surface area contributed by atoms with Crippen LogP contribution in [0.3, 0.4) is 0 Å². The van der Waals surface area contributed by atoms with E-state index in [0.29, 0.717) is 13.1 Å². The molecule has 0 spiro atoms. The van der Waals surface area contributed by atoms with E-state index >= 15 is 0 Å². The summed E-state index contributed by atoms with van der Waals surface area (Å²) in [6.45, 7) is 4.90. The largest absolute Gasteiger partial charge is 0.353 e. The third kappa shape index (κ3) is 4.20. The lowest BCUT2D eigenvalue weighted by molar-refractivity contribution is -0.120. The summed E-state index contributed by atoms with van der Waals surface area (Å²) in [5.74, 6) is 0.0214. The highest BCUT2D eigenvalue weighted by molar-refractivity contribution is 5.78. The normalized spacial score (nSPS) is 10.8. The minimum atomic E-state index is 0.0214. The molecule has 1 aromatic heterocycles. The van der Waals surface area contributed by atoms with E-state index in [1.54, 1.807) is 6.20 Å². The number of nitrogens with zero attached hydrogens (tertiary/aromatic N) is 2. The Kier molecular flexibility index (Phi) is 4.90. The summed E-state index contributed by atoms with van der Waals surface area (Å²) in [4.78, 5) is 11.5. The Hall–Kier alpha value is -2.14. The zero-order chi connectivity index (χ0) is 14.4. The summed E-state index contributed by atoms with van der Waals surface area (Å²) in [5.41, 5.74) is 2.16. The molecule has 5 heteroatoms. The first kappa shape index (κ1) is 14.3. The number of carbonyl (C=O) groups excluding carboxylic acids is 1. The predicted octanol–water partition coefficient (Wildman–Crippen LogP) is 1.49.